The Bertz CT molecular complexity index is 738. The first-order valence-electron chi connectivity index (χ1n) is 10.7. The lowest BCUT2D eigenvalue weighted by atomic mass is 9.85. The number of nitrogens with zero attached hydrogens (tertiary/aromatic N) is 3. The molecule has 0 radical (unpaired) electrons. The smallest absolute Gasteiger partial charge is 0.444 e. The van der Waals surface area contributed by atoms with Crippen molar-refractivity contribution < 1.29 is 18.8 Å². The third-order valence-corrected chi connectivity index (χ3v) is 6.08. The molecule has 2 saturated heterocycles. The van der Waals surface area contributed by atoms with Crippen LogP contribution in [0.4, 0.5) is 4.79 Å². The first-order valence-corrected chi connectivity index (χ1v) is 10.7. The number of amides is 1. The maximum Gasteiger partial charge on any atom is 0.516 e. The second-order valence-corrected chi connectivity index (χ2v) is 10.2. The van der Waals surface area contributed by atoms with E-state index in [0.29, 0.717) is 6.54 Å². The second-order valence-electron chi connectivity index (χ2n) is 10.2. The van der Waals surface area contributed by atoms with E-state index in [1.807, 2.05) is 59.6 Å². The van der Waals surface area contributed by atoms with Gasteiger partial charge in [-0.25, -0.2) is 9.78 Å². The molecule has 162 valence electrons. The molecule has 3 heterocycles. The van der Waals surface area contributed by atoms with Crippen LogP contribution in [-0.4, -0.2) is 57.6 Å². The molecule has 1 amide bonds. The fourth-order valence-electron chi connectivity index (χ4n) is 3.78. The van der Waals surface area contributed by atoms with Crippen LogP contribution in [0.2, 0.25) is 0 Å². The fourth-order valence-corrected chi connectivity index (χ4v) is 3.78. The Morgan fingerprint density at radius 3 is 2.45 bits per heavy atom. The average molecular weight is 405 g/mol. The van der Waals surface area contributed by atoms with Gasteiger partial charge >= 0.3 is 13.2 Å². The molecule has 3 rings (SSSR count). The quantitative estimate of drug-likeness (QED) is 0.722. The number of aromatic nitrogens is 2. The highest BCUT2D eigenvalue weighted by Gasteiger charge is 2.52. The molecule has 0 spiro atoms. The van der Waals surface area contributed by atoms with E-state index in [2.05, 4.69) is 11.5 Å². The third kappa shape index (κ3) is 4.63. The van der Waals surface area contributed by atoms with Crippen LogP contribution < -0.4 is 5.59 Å². The molecule has 1 aromatic rings. The SMILES string of the molecule is CCc1nc(B2OC(C)(C)C(C)(C)O2)cn1C1CCCN(C(=O)OC(C)(C)C)C1. The van der Waals surface area contributed by atoms with Gasteiger partial charge in [-0.3, -0.25) is 0 Å². The molecule has 1 atom stereocenters. The number of hydrogen-bond donors (Lipinski definition) is 0. The number of ether oxygens (including phenoxy) is 1. The number of carbonyl (C=O) groups is 1. The fraction of sp³-hybridized carbons (Fsp3) is 0.810. The van der Waals surface area contributed by atoms with Crippen molar-refractivity contribution in [1.82, 2.24) is 14.5 Å². The van der Waals surface area contributed by atoms with Gasteiger partial charge in [-0.05, 0) is 61.3 Å². The van der Waals surface area contributed by atoms with E-state index < -0.39 is 23.9 Å². The van der Waals surface area contributed by atoms with Crippen LogP contribution in [-0.2, 0) is 20.5 Å². The number of rotatable bonds is 3. The molecule has 0 N–H and O–H groups in total. The molecular formula is C21H36BN3O4. The number of aryl methyl sites for hydroxylation is 1. The van der Waals surface area contributed by atoms with E-state index >= 15 is 0 Å². The average Bonchev–Trinajstić information content (AvgIpc) is 3.12. The highest BCUT2D eigenvalue weighted by atomic mass is 16.7. The van der Waals surface area contributed by atoms with Crippen molar-refractivity contribution in [2.24, 2.45) is 0 Å². The lowest BCUT2D eigenvalue weighted by Crippen LogP contribution is -2.43. The predicted molar refractivity (Wildman–Crippen MR) is 113 cm³/mol. The Morgan fingerprint density at radius 1 is 1.28 bits per heavy atom. The van der Waals surface area contributed by atoms with Crippen LogP contribution in [0, 0.1) is 0 Å². The van der Waals surface area contributed by atoms with Gasteiger partial charge in [0.05, 0.1) is 22.8 Å². The summed E-state index contributed by atoms with van der Waals surface area (Å²) in [5.74, 6) is 0.991. The number of piperidine rings is 1. The topological polar surface area (TPSA) is 65.8 Å². The van der Waals surface area contributed by atoms with Crippen LogP contribution in [0.5, 0.6) is 0 Å². The molecule has 2 aliphatic heterocycles. The maximum absolute atomic E-state index is 12.5. The van der Waals surface area contributed by atoms with Gasteiger partial charge in [0.15, 0.2) is 0 Å². The van der Waals surface area contributed by atoms with Crippen LogP contribution in [0.1, 0.15) is 80.1 Å². The van der Waals surface area contributed by atoms with Crippen LogP contribution >= 0.6 is 0 Å². The zero-order chi connectivity index (χ0) is 21.6. The molecule has 0 saturated carbocycles. The van der Waals surface area contributed by atoms with Crippen LogP contribution in [0.3, 0.4) is 0 Å². The highest BCUT2D eigenvalue weighted by Crippen LogP contribution is 2.36. The summed E-state index contributed by atoms with van der Waals surface area (Å²) in [5, 5.41) is 0. The summed E-state index contributed by atoms with van der Waals surface area (Å²) in [5.41, 5.74) is -0.481. The molecule has 2 fully saturated rings. The van der Waals surface area contributed by atoms with E-state index in [4.69, 9.17) is 19.0 Å². The maximum atomic E-state index is 12.5. The minimum atomic E-state index is -0.489. The molecule has 8 heteroatoms. The molecular weight excluding hydrogens is 369 g/mol. The molecule has 29 heavy (non-hydrogen) atoms. The van der Waals surface area contributed by atoms with Crippen molar-refractivity contribution in [1.29, 1.82) is 0 Å². The van der Waals surface area contributed by atoms with E-state index in [1.165, 1.54) is 0 Å². The van der Waals surface area contributed by atoms with E-state index in [9.17, 15) is 4.79 Å². The molecule has 1 aromatic heterocycles. The lowest BCUT2D eigenvalue weighted by Gasteiger charge is -2.35. The first kappa shape index (κ1) is 22.2. The van der Waals surface area contributed by atoms with Gasteiger partial charge in [0.25, 0.3) is 0 Å². The monoisotopic (exact) mass is 405 g/mol. The third-order valence-electron chi connectivity index (χ3n) is 6.08. The van der Waals surface area contributed by atoms with Gasteiger partial charge < -0.3 is 23.5 Å². The van der Waals surface area contributed by atoms with Crippen molar-refractivity contribution in [3.8, 4) is 0 Å². The molecule has 0 bridgehead atoms. The number of carbonyl (C=O) groups excluding carboxylic acids is 1. The summed E-state index contributed by atoms with van der Waals surface area (Å²) < 4.78 is 20.1. The summed E-state index contributed by atoms with van der Waals surface area (Å²) in [4.78, 5) is 19.2. The summed E-state index contributed by atoms with van der Waals surface area (Å²) in [7, 11) is -0.475. The van der Waals surface area contributed by atoms with Gasteiger partial charge in [0, 0.05) is 25.7 Å². The Kier molecular flexibility index (Phi) is 5.82. The molecule has 2 aliphatic rings. The van der Waals surface area contributed by atoms with Crippen molar-refractivity contribution in [2.75, 3.05) is 13.1 Å². The minimum absolute atomic E-state index is 0.176. The second kappa shape index (κ2) is 7.62. The Hall–Kier alpha value is -1.54. The lowest BCUT2D eigenvalue weighted by molar-refractivity contribution is 0.00578. The Morgan fingerprint density at radius 2 is 1.90 bits per heavy atom. The van der Waals surface area contributed by atoms with Crippen molar-refractivity contribution in [3.63, 3.8) is 0 Å². The zero-order valence-corrected chi connectivity index (χ0v) is 19.2. The standard InChI is InChI=1S/C21H36BN3O4/c1-9-17-23-16(22-28-20(5,6)21(7,8)29-22)14-25(17)15-11-10-12-24(13-15)18(26)27-19(2,3)4/h14-15H,9-13H2,1-8H3. The van der Waals surface area contributed by atoms with Gasteiger partial charge in [0.2, 0.25) is 0 Å². The highest BCUT2D eigenvalue weighted by molar-refractivity contribution is 6.61. The number of hydrogen-bond acceptors (Lipinski definition) is 5. The molecule has 0 aromatic carbocycles. The minimum Gasteiger partial charge on any atom is -0.444 e. The largest absolute Gasteiger partial charge is 0.516 e. The summed E-state index contributed by atoms with van der Waals surface area (Å²) in [6.45, 7) is 17.3. The molecule has 0 aliphatic carbocycles. The Balaban J connectivity index is 1.78. The molecule has 7 nitrogen and oxygen atoms in total. The summed E-state index contributed by atoms with van der Waals surface area (Å²) in [6.07, 6.45) is 4.56. The van der Waals surface area contributed by atoms with Crippen molar-refractivity contribution in [2.45, 2.75) is 97.5 Å². The molecule has 1 unspecified atom stereocenters. The van der Waals surface area contributed by atoms with Gasteiger partial charge in [-0.2, -0.15) is 0 Å². The summed E-state index contributed by atoms with van der Waals surface area (Å²) in [6, 6.07) is 0.176. The predicted octanol–water partition coefficient (Wildman–Crippen LogP) is 3.32. The first-order chi connectivity index (χ1) is 13.3. The van der Waals surface area contributed by atoms with E-state index in [1.54, 1.807) is 0 Å². The van der Waals surface area contributed by atoms with Crippen LogP contribution in [0.15, 0.2) is 6.20 Å². The van der Waals surface area contributed by atoms with Crippen molar-refractivity contribution in [3.05, 3.63) is 12.0 Å². The van der Waals surface area contributed by atoms with Gasteiger partial charge in [-0.1, -0.05) is 6.92 Å². The van der Waals surface area contributed by atoms with Gasteiger partial charge in [-0.15, -0.1) is 0 Å². The van der Waals surface area contributed by atoms with E-state index in [0.717, 1.165) is 37.2 Å². The van der Waals surface area contributed by atoms with Crippen LogP contribution in [0.25, 0.3) is 0 Å². The zero-order valence-electron chi connectivity index (χ0n) is 19.2. The number of imidazole rings is 1. The van der Waals surface area contributed by atoms with Crippen molar-refractivity contribution >= 4 is 18.8 Å². The Labute approximate surface area is 175 Å². The normalized spacial score (nSPS) is 24.1. The number of likely N-dealkylation sites (tertiary alicyclic amines) is 1. The van der Waals surface area contributed by atoms with E-state index in [-0.39, 0.29) is 12.1 Å². The summed E-state index contributed by atoms with van der Waals surface area (Å²) >= 11 is 0. The van der Waals surface area contributed by atoms with Gasteiger partial charge in [0.1, 0.15) is 11.4 Å².